The van der Waals surface area contributed by atoms with Gasteiger partial charge in [0.25, 0.3) is 0 Å². The number of ether oxygens (including phenoxy) is 3. The van der Waals surface area contributed by atoms with E-state index in [1.165, 1.54) is 0 Å². The summed E-state index contributed by atoms with van der Waals surface area (Å²) in [5.74, 6) is 3.31. The van der Waals surface area contributed by atoms with Crippen LogP contribution in [0, 0.1) is 10.7 Å². The molecule has 0 unspecified atom stereocenters. The minimum atomic E-state index is -2.35. The van der Waals surface area contributed by atoms with E-state index in [4.69, 9.17) is 19.0 Å². The van der Waals surface area contributed by atoms with Crippen LogP contribution in [0.25, 0.3) is 10.9 Å². The van der Waals surface area contributed by atoms with Crippen LogP contribution in [0.4, 0.5) is 0 Å². The quantitative estimate of drug-likeness (QED) is 0.896. The van der Waals surface area contributed by atoms with Crippen LogP contribution < -0.4 is 14.2 Å². The van der Waals surface area contributed by atoms with E-state index in [0.29, 0.717) is 35.5 Å². The van der Waals surface area contributed by atoms with Crippen LogP contribution in [0.2, 0.25) is 0 Å². The summed E-state index contributed by atoms with van der Waals surface area (Å²) in [6, 6.07) is 5.54. The fourth-order valence-electron chi connectivity index (χ4n) is 2.91. The smallest absolute Gasteiger partial charge is 0.162 e. The molecule has 24 heavy (non-hydrogen) atoms. The number of hydrogen-bond donors (Lipinski definition) is 1. The van der Waals surface area contributed by atoms with Crippen molar-refractivity contribution >= 4 is 20.6 Å². The van der Waals surface area contributed by atoms with Crippen LogP contribution in [0.5, 0.6) is 17.2 Å². The van der Waals surface area contributed by atoms with E-state index in [1.807, 2.05) is 18.2 Å². The molecule has 1 aliphatic rings. The van der Waals surface area contributed by atoms with Gasteiger partial charge in [-0.3, -0.25) is 9.76 Å². The van der Waals surface area contributed by atoms with Gasteiger partial charge >= 0.3 is 0 Å². The molecule has 1 aromatic carbocycles. The van der Waals surface area contributed by atoms with E-state index in [9.17, 15) is 4.21 Å². The maximum Gasteiger partial charge on any atom is 0.162 e. The average Bonchev–Trinajstić information content (AvgIpc) is 2.59. The first-order valence-electron chi connectivity index (χ1n) is 7.90. The Labute approximate surface area is 142 Å². The topological polar surface area (TPSA) is 81.5 Å². The highest BCUT2D eigenvalue weighted by Crippen LogP contribution is 2.35. The summed E-state index contributed by atoms with van der Waals surface area (Å²) in [5, 5.41) is 0.871. The Morgan fingerprint density at radius 3 is 2.50 bits per heavy atom. The van der Waals surface area contributed by atoms with Gasteiger partial charge in [0, 0.05) is 38.9 Å². The summed E-state index contributed by atoms with van der Waals surface area (Å²) in [4.78, 5) is 4.36. The highest BCUT2D eigenvalue weighted by molar-refractivity contribution is 7.92. The van der Waals surface area contributed by atoms with Crippen molar-refractivity contribution in [3.05, 3.63) is 24.4 Å². The van der Waals surface area contributed by atoms with Gasteiger partial charge in [-0.1, -0.05) is 0 Å². The molecule has 1 saturated heterocycles. The first kappa shape index (κ1) is 16.8. The molecule has 0 saturated carbocycles. The molecule has 6 nitrogen and oxygen atoms in total. The largest absolute Gasteiger partial charge is 0.493 e. The summed E-state index contributed by atoms with van der Waals surface area (Å²) in [6.07, 6.45) is 3.27. The van der Waals surface area contributed by atoms with Crippen molar-refractivity contribution in [2.24, 2.45) is 5.92 Å². The Kier molecular flexibility index (Phi) is 4.80. The third-order valence-electron chi connectivity index (χ3n) is 4.39. The van der Waals surface area contributed by atoms with Crippen LogP contribution >= 0.6 is 0 Å². The molecule has 130 valence electrons. The lowest BCUT2D eigenvalue weighted by Gasteiger charge is -2.23. The van der Waals surface area contributed by atoms with E-state index in [1.54, 1.807) is 20.4 Å². The van der Waals surface area contributed by atoms with Crippen molar-refractivity contribution in [3.63, 3.8) is 0 Å². The van der Waals surface area contributed by atoms with Crippen LogP contribution in [0.3, 0.4) is 0 Å². The first-order valence-corrected chi connectivity index (χ1v) is 9.80. The van der Waals surface area contributed by atoms with Gasteiger partial charge in [-0.2, -0.15) is 0 Å². The SMILES string of the molecule is COc1cc2nccc(OCC3CCS(=N)(=O)CC3)c2cc1OC. The summed E-state index contributed by atoms with van der Waals surface area (Å²) in [5.41, 5.74) is 0.781. The predicted octanol–water partition coefficient (Wildman–Crippen LogP) is 3.09. The molecule has 0 atom stereocenters. The second-order valence-electron chi connectivity index (χ2n) is 6.01. The van der Waals surface area contributed by atoms with Gasteiger partial charge in [0.15, 0.2) is 11.5 Å². The number of rotatable bonds is 5. The molecule has 0 bridgehead atoms. The normalized spacial score (nSPS) is 23.8. The number of benzene rings is 1. The second-order valence-corrected chi connectivity index (χ2v) is 8.45. The molecule has 1 N–H and O–H groups in total. The summed E-state index contributed by atoms with van der Waals surface area (Å²) in [6.45, 7) is 0.559. The molecule has 1 aliphatic heterocycles. The number of hydrogen-bond acceptors (Lipinski definition) is 6. The number of nitrogens with zero attached hydrogens (tertiary/aromatic N) is 1. The van der Waals surface area contributed by atoms with Crippen LogP contribution in [0.1, 0.15) is 12.8 Å². The van der Waals surface area contributed by atoms with Crippen molar-refractivity contribution < 1.29 is 18.4 Å². The van der Waals surface area contributed by atoms with E-state index in [2.05, 4.69) is 4.98 Å². The lowest BCUT2D eigenvalue weighted by Crippen LogP contribution is -2.26. The predicted molar refractivity (Wildman–Crippen MR) is 93.7 cm³/mol. The monoisotopic (exact) mass is 350 g/mol. The molecule has 3 rings (SSSR count). The molecule has 0 amide bonds. The maximum atomic E-state index is 11.7. The molecule has 2 heterocycles. The van der Waals surface area contributed by atoms with Crippen molar-refractivity contribution in [1.82, 2.24) is 4.98 Å². The van der Waals surface area contributed by atoms with Crippen molar-refractivity contribution in [3.8, 4) is 17.2 Å². The Morgan fingerprint density at radius 1 is 1.17 bits per heavy atom. The lowest BCUT2D eigenvalue weighted by atomic mass is 10.0. The van der Waals surface area contributed by atoms with Gasteiger partial charge in [0.2, 0.25) is 0 Å². The number of methoxy groups -OCH3 is 2. The molecule has 2 aromatic rings. The second kappa shape index (κ2) is 6.84. The van der Waals surface area contributed by atoms with E-state index < -0.39 is 9.73 Å². The fourth-order valence-corrected chi connectivity index (χ4v) is 4.54. The molecule has 0 radical (unpaired) electrons. The van der Waals surface area contributed by atoms with E-state index >= 15 is 0 Å². The first-order chi connectivity index (χ1) is 11.5. The molecule has 1 fully saturated rings. The molecule has 1 aromatic heterocycles. The number of fused-ring (bicyclic) bond motifs is 1. The Morgan fingerprint density at radius 2 is 1.83 bits per heavy atom. The third kappa shape index (κ3) is 3.56. The Hall–Kier alpha value is -2.02. The Balaban J connectivity index is 1.79. The minimum Gasteiger partial charge on any atom is -0.493 e. The zero-order chi connectivity index (χ0) is 17.2. The molecular weight excluding hydrogens is 328 g/mol. The third-order valence-corrected chi connectivity index (χ3v) is 6.18. The number of pyridine rings is 1. The molecular formula is C17H22N2O4S. The number of aromatic nitrogens is 1. The molecule has 7 heteroatoms. The lowest BCUT2D eigenvalue weighted by molar-refractivity contribution is 0.241. The van der Waals surface area contributed by atoms with Crippen molar-refractivity contribution in [1.29, 1.82) is 4.78 Å². The average molecular weight is 350 g/mol. The summed E-state index contributed by atoms with van der Waals surface area (Å²) >= 11 is 0. The van der Waals surface area contributed by atoms with Gasteiger partial charge in [0.05, 0.1) is 26.3 Å². The van der Waals surface area contributed by atoms with E-state index in [-0.39, 0.29) is 0 Å². The fraction of sp³-hybridized carbons (Fsp3) is 0.471. The zero-order valence-corrected chi connectivity index (χ0v) is 14.7. The van der Waals surface area contributed by atoms with E-state index in [0.717, 1.165) is 29.5 Å². The highest BCUT2D eigenvalue weighted by atomic mass is 32.2. The van der Waals surface area contributed by atoms with Gasteiger partial charge in [-0.15, -0.1) is 0 Å². The minimum absolute atomic E-state index is 0.341. The number of nitrogens with one attached hydrogen (secondary N) is 1. The van der Waals surface area contributed by atoms with Gasteiger partial charge in [0.1, 0.15) is 5.75 Å². The van der Waals surface area contributed by atoms with Crippen molar-refractivity contribution in [2.75, 3.05) is 32.3 Å². The zero-order valence-electron chi connectivity index (χ0n) is 13.9. The van der Waals surface area contributed by atoms with Gasteiger partial charge in [-0.05, 0) is 30.9 Å². The standard InChI is InChI=1S/C17H22N2O4S/c1-21-16-9-13-14(10-17(16)22-2)19-6-3-15(13)23-11-12-4-7-24(18,20)8-5-12/h3,6,9-10,12,18H,4-5,7-8,11H2,1-2H3. The summed E-state index contributed by atoms with van der Waals surface area (Å²) in [7, 11) is 0.847. The van der Waals surface area contributed by atoms with Crippen LogP contribution in [0.15, 0.2) is 24.4 Å². The van der Waals surface area contributed by atoms with Crippen LogP contribution in [-0.2, 0) is 9.73 Å². The molecule has 0 aliphatic carbocycles. The van der Waals surface area contributed by atoms with Gasteiger partial charge in [-0.25, -0.2) is 4.21 Å². The maximum absolute atomic E-state index is 11.7. The summed E-state index contributed by atoms with van der Waals surface area (Å²) < 4.78 is 36.1. The highest BCUT2D eigenvalue weighted by Gasteiger charge is 2.22. The molecule has 0 spiro atoms. The Bertz CT molecular complexity index is 822. The van der Waals surface area contributed by atoms with Gasteiger partial charge < -0.3 is 14.2 Å². The van der Waals surface area contributed by atoms with Crippen LogP contribution in [-0.4, -0.2) is 41.5 Å². The van der Waals surface area contributed by atoms with Crippen molar-refractivity contribution in [2.45, 2.75) is 12.8 Å².